The van der Waals surface area contributed by atoms with Crippen molar-refractivity contribution < 1.29 is 4.74 Å². The Labute approximate surface area is 186 Å². The molecule has 0 N–H and O–H groups in total. The molecule has 0 bridgehead atoms. The van der Waals surface area contributed by atoms with Crippen molar-refractivity contribution in [3.63, 3.8) is 0 Å². The highest BCUT2D eigenvalue weighted by molar-refractivity contribution is 5.74. The second-order valence-electron chi connectivity index (χ2n) is 8.43. The van der Waals surface area contributed by atoms with Crippen LogP contribution in [0.2, 0.25) is 0 Å². The first-order valence-electron chi connectivity index (χ1n) is 10.9. The second kappa shape index (κ2) is 8.43. The van der Waals surface area contributed by atoms with Gasteiger partial charge in [-0.25, -0.2) is 0 Å². The van der Waals surface area contributed by atoms with E-state index in [0.717, 1.165) is 11.5 Å². The van der Waals surface area contributed by atoms with Crippen LogP contribution in [0.5, 0.6) is 11.5 Å². The van der Waals surface area contributed by atoms with Crippen molar-refractivity contribution >= 4 is 0 Å². The summed E-state index contributed by atoms with van der Waals surface area (Å²) >= 11 is 0. The SMILES string of the molecule is Cc1c(Oc2cc(-c3ccccc3)c(C)c(C)c2C)cc(-c2ccccc2)c(C)c1C. The maximum absolute atomic E-state index is 6.64. The van der Waals surface area contributed by atoms with Gasteiger partial charge in [0, 0.05) is 0 Å². The summed E-state index contributed by atoms with van der Waals surface area (Å²) in [6.07, 6.45) is 0. The van der Waals surface area contributed by atoms with E-state index in [9.17, 15) is 0 Å². The van der Waals surface area contributed by atoms with Crippen LogP contribution < -0.4 is 4.74 Å². The highest BCUT2D eigenvalue weighted by Crippen LogP contribution is 2.40. The molecule has 0 unspecified atom stereocenters. The largest absolute Gasteiger partial charge is 0.457 e. The Morgan fingerprint density at radius 1 is 0.419 bits per heavy atom. The minimum Gasteiger partial charge on any atom is -0.457 e. The molecule has 0 heterocycles. The number of ether oxygens (including phenoxy) is 1. The number of hydrogen-bond acceptors (Lipinski definition) is 1. The van der Waals surface area contributed by atoms with Gasteiger partial charge in [0.05, 0.1) is 0 Å². The predicted octanol–water partition coefficient (Wildman–Crippen LogP) is 8.66. The molecule has 0 saturated carbocycles. The number of rotatable bonds is 4. The first-order valence-corrected chi connectivity index (χ1v) is 10.9. The van der Waals surface area contributed by atoms with E-state index in [4.69, 9.17) is 4.74 Å². The first kappa shape index (κ1) is 20.9. The van der Waals surface area contributed by atoms with Gasteiger partial charge in [0.15, 0.2) is 0 Å². The highest BCUT2D eigenvalue weighted by Gasteiger charge is 2.16. The fourth-order valence-corrected chi connectivity index (χ4v) is 4.20. The lowest BCUT2D eigenvalue weighted by atomic mass is 9.92. The van der Waals surface area contributed by atoms with E-state index < -0.39 is 0 Å². The molecule has 1 heteroatoms. The molecule has 0 aliphatic heterocycles. The molecule has 0 amide bonds. The molecular weight excluding hydrogens is 376 g/mol. The molecule has 31 heavy (non-hydrogen) atoms. The van der Waals surface area contributed by atoms with E-state index in [1.54, 1.807) is 0 Å². The van der Waals surface area contributed by atoms with Gasteiger partial charge in [-0.1, -0.05) is 60.7 Å². The van der Waals surface area contributed by atoms with Crippen LogP contribution in [0, 0.1) is 41.5 Å². The molecule has 0 atom stereocenters. The summed E-state index contributed by atoms with van der Waals surface area (Å²) in [5.41, 5.74) is 12.4. The lowest BCUT2D eigenvalue weighted by Crippen LogP contribution is -1.99. The fourth-order valence-electron chi connectivity index (χ4n) is 4.20. The molecule has 4 rings (SSSR count). The third kappa shape index (κ3) is 3.88. The first-order chi connectivity index (χ1) is 14.9. The number of benzene rings is 4. The summed E-state index contributed by atoms with van der Waals surface area (Å²) < 4.78 is 6.64. The third-order valence-electron chi connectivity index (χ3n) is 6.74. The molecule has 0 aliphatic rings. The summed E-state index contributed by atoms with van der Waals surface area (Å²) in [4.78, 5) is 0. The predicted molar refractivity (Wildman–Crippen MR) is 132 cm³/mol. The van der Waals surface area contributed by atoms with Crippen molar-refractivity contribution in [2.24, 2.45) is 0 Å². The van der Waals surface area contributed by atoms with Crippen LogP contribution >= 0.6 is 0 Å². The summed E-state index contributed by atoms with van der Waals surface area (Å²) in [5.74, 6) is 1.85. The molecule has 0 saturated heterocycles. The standard InChI is InChI=1S/C30H30O/c1-19-21(3)27(25-13-9-7-10-14-25)17-29(23(19)5)31-30-18-28(22(4)20(2)24(30)6)26-15-11-8-12-16-26/h7-18H,1-6H3. The lowest BCUT2D eigenvalue weighted by Gasteiger charge is -2.20. The molecule has 0 aliphatic carbocycles. The van der Waals surface area contributed by atoms with E-state index in [1.165, 1.54) is 55.6 Å². The zero-order valence-corrected chi connectivity index (χ0v) is 19.3. The van der Waals surface area contributed by atoms with Crippen LogP contribution in [0.1, 0.15) is 33.4 Å². The van der Waals surface area contributed by atoms with Crippen molar-refractivity contribution in [3.05, 3.63) is 106 Å². The summed E-state index contributed by atoms with van der Waals surface area (Å²) in [7, 11) is 0. The van der Waals surface area contributed by atoms with E-state index in [2.05, 4.69) is 114 Å². The maximum Gasteiger partial charge on any atom is 0.131 e. The molecular formula is C30H30O. The molecule has 0 aromatic heterocycles. The second-order valence-corrected chi connectivity index (χ2v) is 8.43. The number of hydrogen-bond donors (Lipinski definition) is 0. The Morgan fingerprint density at radius 2 is 0.774 bits per heavy atom. The fraction of sp³-hybridized carbons (Fsp3) is 0.200. The molecule has 0 spiro atoms. The van der Waals surface area contributed by atoms with Crippen LogP contribution in [0.4, 0.5) is 0 Å². The van der Waals surface area contributed by atoms with Gasteiger partial charge in [0.1, 0.15) is 11.5 Å². The highest BCUT2D eigenvalue weighted by atomic mass is 16.5. The Kier molecular flexibility index (Phi) is 5.69. The Morgan fingerprint density at radius 3 is 1.13 bits per heavy atom. The third-order valence-corrected chi connectivity index (χ3v) is 6.74. The molecule has 4 aromatic rings. The zero-order valence-electron chi connectivity index (χ0n) is 19.3. The summed E-state index contributed by atoms with van der Waals surface area (Å²) in [6.45, 7) is 13.1. The topological polar surface area (TPSA) is 9.23 Å². The van der Waals surface area contributed by atoms with Crippen LogP contribution in [-0.2, 0) is 0 Å². The maximum atomic E-state index is 6.64. The van der Waals surface area contributed by atoms with Gasteiger partial charge >= 0.3 is 0 Å². The van der Waals surface area contributed by atoms with Crippen molar-refractivity contribution in [1.82, 2.24) is 0 Å². The van der Waals surface area contributed by atoms with Gasteiger partial charge in [-0.05, 0) is 109 Å². The summed E-state index contributed by atoms with van der Waals surface area (Å²) in [5, 5.41) is 0. The lowest BCUT2D eigenvalue weighted by molar-refractivity contribution is 0.474. The van der Waals surface area contributed by atoms with Crippen LogP contribution in [0.25, 0.3) is 22.3 Å². The smallest absolute Gasteiger partial charge is 0.131 e. The van der Waals surface area contributed by atoms with Gasteiger partial charge in [0.2, 0.25) is 0 Å². The van der Waals surface area contributed by atoms with Gasteiger partial charge in [-0.3, -0.25) is 0 Å². The van der Waals surface area contributed by atoms with Crippen LogP contribution in [0.15, 0.2) is 72.8 Å². The average Bonchev–Trinajstić information content (AvgIpc) is 2.80. The van der Waals surface area contributed by atoms with Crippen molar-refractivity contribution in [2.75, 3.05) is 0 Å². The van der Waals surface area contributed by atoms with Gasteiger partial charge in [-0.2, -0.15) is 0 Å². The zero-order chi connectivity index (χ0) is 22.1. The average molecular weight is 407 g/mol. The quantitative estimate of drug-likeness (QED) is 0.329. The Hall–Kier alpha value is -3.32. The van der Waals surface area contributed by atoms with E-state index in [1.807, 2.05) is 0 Å². The van der Waals surface area contributed by atoms with Crippen LogP contribution in [-0.4, -0.2) is 0 Å². The van der Waals surface area contributed by atoms with Crippen molar-refractivity contribution in [2.45, 2.75) is 41.5 Å². The van der Waals surface area contributed by atoms with Crippen molar-refractivity contribution in [3.8, 4) is 33.8 Å². The normalized spacial score (nSPS) is 10.9. The molecule has 1 nitrogen and oxygen atoms in total. The summed E-state index contributed by atoms with van der Waals surface area (Å²) in [6, 6.07) is 25.5. The molecule has 0 radical (unpaired) electrons. The molecule has 4 aromatic carbocycles. The minimum absolute atomic E-state index is 0.923. The van der Waals surface area contributed by atoms with Crippen molar-refractivity contribution in [1.29, 1.82) is 0 Å². The van der Waals surface area contributed by atoms with E-state index in [0.29, 0.717) is 0 Å². The van der Waals surface area contributed by atoms with Gasteiger partial charge in [0.25, 0.3) is 0 Å². The molecule has 156 valence electrons. The molecule has 0 fully saturated rings. The minimum atomic E-state index is 0.923. The van der Waals surface area contributed by atoms with Crippen LogP contribution in [0.3, 0.4) is 0 Å². The Balaban J connectivity index is 1.85. The van der Waals surface area contributed by atoms with Gasteiger partial charge in [-0.15, -0.1) is 0 Å². The Bertz CT molecular complexity index is 1140. The monoisotopic (exact) mass is 406 g/mol. The van der Waals surface area contributed by atoms with E-state index >= 15 is 0 Å². The van der Waals surface area contributed by atoms with E-state index in [-0.39, 0.29) is 0 Å². The van der Waals surface area contributed by atoms with Gasteiger partial charge < -0.3 is 4.74 Å².